The Morgan fingerprint density at radius 3 is 2.52 bits per heavy atom. The van der Waals surface area contributed by atoms with Crippen LogP contribution in [0.2, 0.25) is 0 Å². The summed E-state index contributed by atoms with van der Waals surface area (Å²) in [5.41, 5.74) is 3.83. The molecule has 0 amide bonds. The highest BCUT2D eigenvalue weighted by Gasteiger charge is 2.42. The first kappa shape index (κ1) is 23.1. The summed E-state index contributed by atoms with van der Waals surface area (Å²) in [7, 11) is 3.21. The third-order valence-corrected chi connectivity index (χ3v) is 7.03. The summed E-state index contributed by atoms with van der Waals surface area (Å²) in [5, 5.41) is 5.35. The van der Waals surface area contributed by atoms with Crippen LogP contribution in [0.4, 0.5) is 0 Å². The van der Waals surface area contributed by atoms with Crippen LogP contribution >= 0.6 is 11.3 Å². The molecule has 2 atom stereocenters. The normalized spacial score (nSPS) is 20.5. The Labute approximate surface area is 198 Å². The molecule has 33 heavy (non-hydrogen) atoms. The van der Waals surface area contributed by atoms with Crippen LogP contribution in [0.15, 0.2) is 58.3 Å². The van der Waals surface area contributed by atoms with Crippen LogP contribution in [0.3, 0.4) is 0 Å². The van der Waals surface area contributed by atoms with Crippen molar-refractivity contribution in [1.82, 2.24) is 5.32 Å². The van der Waals surface area contributed by atoms with Gasteiger partial charge < -0.3 is 19.5 Å². The van der Waals surface area contributed by atoms with E-state index in [4.69, 9.17) is 14.2 Å². The van der Waals surface area contributed by atoms with Crippen LogP contribution in [0.1, 0.15) is 55.9 Å². The fraction of sp³-hybridized carbons (Fsp3) is 0.385. The molecule has 1 N–H and O–H groups in total. The number of esters is 1. The number of methoxy groups -OCH3 is 2. The van der Waals surface area contributed by atoms with Gasteiger partial charge in [-0.3, -0.25) is 4.79 Å². The zero-order chi connectivity index (χ0) is 23.7. The summed E-state index contributed by atoms with van der Waals surface area (Å²) in [6.07, 6.45) is 0.791. The van der Waals surface area contributed by atoms with Gasteiger partial charge in [0.2, 0.25) is 0 Å². The fourth-order valence-electron chi connectivity index (χ4n) is 4.67. The number of thiophene rings is 1. The van der Waals surface area contributed by atoms with Crippen molar-refractivity contribution in [2.24, 2.45) is 0 Å². The quantitative estimate of drug-likeness (QED) is 0.598. The minimum absolute atomic E-state index is 0.00417. The van der Waals surface area contributed by atoms with Gasteiger partial charge in [-0.1, -0.05) is 12.1 Å². The Kier molecular flexibility index (Phi) is 6.61. The SMILES string of the molecule is COc1ccc(C2CC(=O)C3=C(C2)NC(C)=C(C(=O)OC(C)C)C3c2cccs2)cc1OC. The van der Waals surface area contributed by atoms with Crippen molar-refractivity contribution < 1.29 is 23.8 Å². The van der Waals surface area contributed by atoms with Gasteiger partial charge in [-0.15, -0.1) is 11.3 Å². The predicted octanol–water partition coefficient (Wildman–Crippen LogP) is 5.08. The van der Waals surface area contributed by atoms with Crippen LogP contribution < -0.4 is 14.8 Å². The number of ether oxygens (including phenoxy) is 3. The van der Waals surface area contributed by atoms with Crippen molar-refractivity contribution in [2.45, 2.75) is 51.6 Å². The monoisotopic (exact) mass is 467 g/mol. The molecule has 1 aliphatic carbocycles. The number of nitrogens with one attached hydrogen (secondary N) is 1. The Hall–Kier alpha value is -3.06. The van der Waals surface area contributed by atoms with E-state index in [1.807, 2.05) is 56.5 Å². The number of benzene rings is 1. The second kappa shape index (κ2) is 9.43. The molecule has 2 aliphatic rings. The van der Waals surface area contributed by atoms with Crippen LogP contribution in [0, 0.1) is 0 Å². The number of hydrogen-bond acceptors (Lipinski definition) is 7. The first-order chi connectivity index (χ1) is 15.8. The van der Waals surface area contributed by atoms with Crippen molar-refractivity contribution in [3.63, 3.8) is 0 Å². The van der Waals surface area contributed by atoms with E-state index in [0.717, 1.165) is 21.8 Å². The first-order valence-electron chi connectivity index (χ1n) is 11.0. The standard InChI is InChI=1S/C26H29NO5S/c1-14(2)32-26(29)23-15(3)27-18-11-17(16-8-9-20(30-4)21(13-16)31-5)12-19(28)24(18)25(23)22-7-6-10-33-22/h6-10,13-14,17,25,27H,11-12H2,1-5H3. The number of allylic oxidation sites excluding steroid dienone is 3. The molecule has 2 heterocycles. The lowest BCUT2D eigenvalue weighted by Gasteiger charge is -2.36. The molecular weight excluding hydrogens is 438 g/mol. The lowest BCUT2D eigenvalue weighted by molar-refractivity contribution is -0.143. The minimum atomic E-state index is -0.411. The second-order valence-electron chi connectivity index (χ2n) is 8.60. The van der Waals surface area contributed by atoms with Crippen LogP contribution in [-0.4, -0.2) is 32.1 Å². The van der Waals surface area contributed by atoms with Gasteiger partial charge >= 0.3 is 5.97 Å². The maximum atomic E-state index is 13.6. The second-order valence-corrected chi connectivity index (χ2v) is 9.58. The topological polar surface area (TPSA) is 73.9 Å². The molecule has 2 unspecified atom stereocenters. The summed E-state index contributed by atoms with van der Waals surface area (Å²) >= 11 is 1.55. The van der Waals surface area contributed by atoms with E-state index in [0.29, 0.717) is 35.5 Å². The van der Waals surface area contributed by atoms with E-state index in [1.54, 1.807) is 25.6 Å². The maximum absolute atomic E-state index is 13.6. The van der Waals surface area contributed by atoms with Crippen LogP contribution in [-0.2, 0) is 14.3 Å². The molecule has 0 fully saturated rings. The molecule has 7 heteroatoms. The fourth-order valence-corrected chi connectivity index (χ4v) is 5.51. The average molecular weight is 468 g/mol. The molecule has 0 saturated carbocycles. The smallest absolute Gasteiger partial charge is 0.337 e. The predicted molar refractivity (Wildman–Crippen MR) is 128 cm³/mol. The van der Waals surface area contributed by atoms with Gasteiger partial charge in [0.05, 0.1) is 31.8 Å². The van der Waals surface area contributed by atoms with E-state index in [-0.39, 0.29) is 23.8 Å². The molecule has 1 aromatic carbocycles. The number of rotatable bonds is 6. The Balaban J connectivity index is 1.73. The van der Waals surface area contributed by atoms with Crippen molar-refractivity contribution in [3.8, 4) is 11.5 Å². The van der Waals surface area contributed by atoms with Gasteiger partial charge in [-0.25, -0.2) is 4.79 Å². The molecule has 1 aliphatic heterocycles. The lowest BCUT2D eigenvalue weighted by atomic mass is 9.73. The first-order valence-corrected chi connectivity index (χ1v) is 11.9. The van der Waals surface area contributed by atoms with Gasteiger partial charge in [0.25, 0.3) is 0 Å². The number of ketones is 1. The highest BCUT2D eigenvalue weighted by atomic mass is 32.1. The molecule has 2 aromatic rings. The van der Waals surface area contributed by atoms with Gasteiger partial charge in [0.15, 0.2) is 17.3 Å². The molecule has 0 spiro atoms. The minimum Gasteiger partial charge on any atom is -0.493 e. The molecule has 0 saturated heterocycles. The van der Waals surface area contributed by atoms with Crippen molar-refractivity contribution in [2.75, 3.05) is 14.2 Å². The Bertz CT molecular complexity index is 1130. The van der Waals surface area contributed by atoms with Crippen molar-refractivity contribution in [1.29, 1.82) is 0 Å². The van der Waals surface area contributed by atoms with E-state index < -0.39 is 5.92 Å². The van der Waals surface area contributed by atoms with Crippen molar-refractivity contribution >= 4 is 23.1 Å². The van der Waals surface area contributed by atoms with E-state index >= 15 is 0 Å². The number of dihydropyridines is 1. The summed E-state index contributed by atoms with van der Waals surface area (Å²) in [6, 6.07) is 9.72. The number of hydrogen-bond donors (Lipinski definition) is 1. The van der Waals surface area contributed by atoms with Crippen molar-refractivity contribution in [3.05, 3.63) is 68.7 Å². The highest BCUT2D eigenvalue weighted by Crippen LogP contribution is 2.47. The van der Waals surface area contributed by atoms with E-state index in [1.165, 1.54) is 0 Å². The van der Waals surface area contributed by atoms with E-state index in [9.17, 15) is 9.59 Å². The maximum Gasteiger partial charge on any atom is 0.337 e. The summed E-state index contributed by atoms with van der Waals surface area (Å²) < 4.78 is 16.4. The summed E-state index contributed by atoms with van der Waals surface area (Å²) in [6.45, 7) is 5.54. The lowest BCUT2D eigenvalue weighted by Crippen LogP contribution is -2.36. The summed E-state index contributed by atoms with van der Waals surface area (Å²) in [4.78, 5) is 27.6. The number of carbonyl (C=O) groups is 2. The zero-order valence-electron chi connectivity index (χ0n) is 19.6. The molecule has 6 nitrogen and oxygen atoms in total. The van der Waals surface area contributed by atoms with Gasteiger partial charge in [-0.05, 0) is 62.3 Å². The Morgan fingerprint density at radius 1 is 1.12 bits per heavy atom. The third kappa shape index (κ3) is 4.42. The molecule has 4 rings (SSSR count). The molecule has 0 radical (unpaired) electrons. The Morgan fingerprint density at radius 2 is 1.88 bits per heavy atom. The molecule has 0 bridgehead atoms. The number of Topliss-reactive ketones (excluding diaryl/α,β-unsaturated/α-hetero) is 1. The third-order valence-electron chi connectivity index (χ3n) is 6.10. The van der Waals surface area contributed by atoms with Gasteiger partial charge in [0.1, 0.15) is 0 Å². The average Bonchev–Trinajstić information content (AvgIpc) is 3.31. The van der Waals surface area contributed by atoms with Gasteiger partial charge in [-0.2, -0.15) is 0 Å². The molecule has 1 aromatic heterocycles. The van der Waals surface area contributed by atoms with Crippen LogP contribution in [0.5, 0.6) is 11.5 Å². The molecule has 174 valence electrons. The number of carbonyl (C=O) groups excluding carboxylic acids is 2. The van der Waals surface area contributed by atoms with Gasteiger partial charge in [0, 0.05) is 28.3 Å². The van der Waals surface area contributed by atoms with Crippen LogP contribution in [0.25, 0.3) is 0 Å². The largest absolute Gasteiger partial charge is 0.493 e. The zero-order valence-corrected chi connectivity index (χ0v) is 20.4. The summed E-state index contributed by atoms with van der Waals surface area (Å²) in [5.74, 6) is 0.559. The van der Waals surface area contributed by atoms with E-state index in [2.05, 4.69) is 5.32 Å². The molecular formula is C26H29NO5S. The highest BCUT2D eigenvalue weighted by molar-refractivity contribution is 7.10.